The van der Waals surface area contributed by atoms with E-state index in [-0.39, 0.29) is 0 Å². The van der Waals surface area contributed by atoms with Crippen LogP contribution in [-0.4, -0.2) is 25.0 Å². The fraction of sp³-hybridized carbons (Fsp3) is 0.263. The Morgan fingerprint density at radius 2 is 1.96 bits per heavy atom. The summed E-state index contributed by atoms with van der Waals surface area (Å²) in [6, 6.07) is 14.4. The van der Waals surface area contributed by atoms with Crippen LogP contribution in [0.2, 0.25) is 0 Å². The Morgan fingerprint density at radius 1 is 1.08 bits per heavy atom. The van der Waals surface area contributed by atoms with E-state index < -0.39 is 0 Å². The Morgan fingerprint density at radius 3 is 2.73 bits per heavy atom. The monoisotopic (exact) mass is 364 g/mol. The quantitative estimate of drug-likeness (QED) is 0.539. The third-order valence-corrected chi connectivity index (χ3v) is 4.94. The van der Waals surface area contributed by atoms with Gasteiger partial charge in [-0.05, 0) is 23.4 Å². The van der Waals surface area contributed by atoms with Crippen molar-refractivity contribution in [3.8, 4) is 0 Å². The minimum atomic E-state index is 0.643. The summed E-state index contributed by atoms with van der Waals surface area (Å²) in [5.41, 5.74) is 2.67. The molecule has 0 atom stereocenters. The number of hydrogen-bond donors (Lipinski definition) is 1. The molecule has 0 saturated heterocycles. The minimum Gasteiger partial charge on any atom is -0.363 e. The lowest BCUT2D eigenvalue weighted by Crippen LogP contribution is -2.07. The number of hydrogen-bond acceptors (Lipinski definition) is 6. The maximum atomic E-state index is 4.72. The first-order chi connectivity index (χ1) is 12.8. The Hall–Kier alpha value is -2.80. The van der Waals surface area contributed by atoms with E-state index in [2.05, 4.69) is 57.2 Å². The molecule has 0 saturated carbocycles. The molecule has 4 aromatic rings. The average molecular weight is 364 g/mol. The molecule has 3 heterocycles. The van der Waals surface area contributed by atoms with Crippen LogP contribution in [0.4, 0.5) is 5.82 Å². The van der Waals surface area contributed by atoms with Crippen LogP contribution in [0.15, 0.2) is 47.8 Å². The second-order valence-corrected chi connectivity index (χ2v) is 7.11. The van der Waals surface area contributed by atoms with Gasteiger partial charge < -0.3 is 5.32 Å². The first-order valence-corrected chi connectivity index (χ1v) is 9.61. The van der Waals surface area contributed by atoms with Crippen molar-refractivity contribution in [2.45, 2.75) is 32.9 Å². The lowest BCUT2D eigenvalue weighted by molar-refractivity contribution is 0.662. The van der Waals surface area contributed by atoms with Crippen molar-refractivity contribution in [3.63, 3.8) is 0 Å². The highest BCUT2D eigenvalue weighted by atomic mass is 32.1. The zero-order valence-electron chi connectivity index (χ0n) is 14.6. The summed E-state index contributed by atoms with van der Waals surface area (Å²) >= 11 is 1.72. The third kappa shape index (κ3) is 3.57. The zero-order valence-corrected chi connectivity index (χ0v) is 15.4. The van der Waals surface area contributed by atoms with Crippen LogP contribution in [0.25, 0.3) is 11.2 Å². The van der Waals surface area contributed by atoms with E-state index in [1.807, 2.05) is 22.9 Å². The van der Waals surface area contributed by atoms with Crippen LogP contribution in [0.5, 0.6) is 0 Å². The molecule has 1 N–H and O–H groups in total. The molecule has 0 spiro atoms. The van der Waals surface area contributed by atoms with Gasteiger partial charge in [-0.15, -0.1) is 16.4 Å². The molecular weight excluding hydrogens is 344 g/mol. The van der Waals surface area contributed by atoms with Crippen LogP contribution < -0.4 is 5.32 Å². The first kappa shape index (κ1) is 16.7. The van der Waals surface area contributed by atoms with Crippen LogP contribution in [0, 0.1) is 0 Å². The van der Waals surface area contributed by atoms with Crippen LogP contribution in [0.3, 0.4) is 0 Å². The van der Waals surface area contributed by atoms with Gasteiger partial charge in [-0.3, -0.25) is 0 Å². The highest BCUT2D eigenvalue weighted by Crippen LogP contribution is 2.21. The molecular formula is C19H20N6S. The maximum absolute atomic E-state index is 4.72. The van der Waals surface area contributed by atoms with E-state index in [4.69, 9.17) is 4.98 Å². The molecule has 7 heteroatoms. The number of aromatic nitrogens is 5. The molecule has 6 nitrogen and oxygen atoms in total. The highest BCUT2D eigenvalue weighted by molar-refractivity contribution is 7.09. The fourth-order valence-electron chi connectivity index (χ4n) is 2.81. The molecule has 0 unspecified atom stereocenters. The Bertz CT molecular complexity index is 978. The van der Waals surface area contributed by atoms with E-state index in [1.54, 1.807) is 11.3 Å². The van der Waals surface area contributed by atoms with Gasteiger partial charge in [0, 0.05) is 11.3 Å². The lowest BCUT2D eigenvalue weighted by Gasteiger charge is -2.08. The number of thiophene rings is 1. The molecule has 0 radical (unpaired) electrons. The summed E-state index contributed by atoms with van der Waals surface area (Å²) in [5, 5.41) is 14.2. The molecule has 0 aliphatic rings. The van der Waals surface area contributed by atoms with E-state index in [0.717, 1.165) is 42.2 Å². The van der Waals surface area contributed by atoms with Gasteiger partial charge in [0.05, 0.1) is 13.1 Å². The van der Waals surface area contributed by atoms with Gasteiger partial charge in [-0.25, -0.2) is 14.6 Å². The zero-order chi connectivity index (χ0) is 17.8. The first-order valence-electron chi connectivity index (χ1n) is 8.74. The topological polar surface area (TPSA) is 68.5 Å². The standard InChI is InChI=1S/C19H20N6S/c1-2-7-16-21-18(20-12-15-10-6-11-26-15)17-19(22-16)25(24-23-17)13-14-8-4-3-5-9-14/h3-6,8-11H,2,7,12-13H2,1H3,(H,20,21,22). The van der Waals surface area contributed by atoms with Crippen molar-refractivity contribution in [3.05, 3.63) is 64.1 Å². The molecule has 4 rings (SSSR count). The fourth-order valence-corrected chi connectivity index (χ4v) is 3.45. The van der Waals surface area contributed by atoms with Crippen molar-refractivity contribution in [2.75, 3.05) is 5.32 Å². The number of aryl methyl sites for hydroxylation is 1. The van der Waals surface area contributed by atoms with Gasteiger partial charge in [0.2, 0.25) is 0 Å². The Kier molecular flexibility index (Phi) is 4.88. The van der Waals surface area contributed by atoms with Crippen molar-refractivity contribution in [1.29, 1.82) is 0 Å². The number of fused-ring (bicyclic) bond motifs is 1. The van der Waals surface area contributed by atoms with Crippen LogP contribution in [-0.2, 0) is 19.5 Å². The minimum absolute atomic E-state index is 0.643. The third-order valence-electron chi connectivity index (χ3n) is 4.07. The second-order valence-electron chi connectivity index (χ2n) is 6.08. The van der Waals surface area contributed by atoms with E-state index >= 15 is 0 Å². The molecule has 0 aliphatic carbocycles. The predicted molar refractivity (Wildman–Crippen MR) is 104 cm³/mol. The molecule has 3 aromatic heterocycles. The summed E-state index contributed by atoms with van der Waals surface area (Å²) in [6.45, 7) is 3.50. The SMILES string of the molecule is CCCc1nc(NCc2cccs2)c2nnn(Cc3ccccc3)c2n1. The Labute approximate surface area is 155 Å². The predicted octanol–water partition coefficient (Wildman–Crippen LogP) is 3.90. The van der Waals surface area contributed by atoms with Gasteiger partial charge in [-0.2, -0.15) is 0 Å². The molecule has 0 amide bonds. The van der Waals surface area contributed by atoms with Crippen molar-refractivity contribution < 1.29 is 0 Å². The smallest absolute Gasteiger partial charge is 0.184 e. The van der Waals surface area contributed by atoms with Crippen LogP contribution in [0.1, 0.15) is 29.6 Å². The lowest BCUT2D eigenvalue weighted by atomic mass is 10.2. The molecule has 132 valence electrons. The summed E-state index contributed by atoms with van der Waals surface area (Å²) in [4.78, 5) is 10.6. The van der Waals surface area contributed by atoms with Crippen molar-refractivity contribution >= 4 is 28.3 Å². The summed E-state index contributed by atoms with van der Waals surface area (Å²) < 4.78 is 1.85. The summed E-state index contributed by atoms with van der Waals surface area (Å²) in [5.74, 6) is 1.58. The van der Waals surface area contributed by atoms with Gasteiger partial charge >= 0.3 is 0 Å². The number of benzene rings is 1. The average Bonchev–Trinajstić information content (AvgIpc) is 3.31. The number of nitrogens with zero attached hydrogens (tertiary/aromatic N) is 5. The number of nitrogens with one attached hydrogen (secondary N) is 1. The number of rotatable bonds is 7. The molecule has 0 aliphatic heterocycles. The molecule has 0 fully saturated rings. The summed E-state index contributed by atoms with van der Waals surface area (Å²) in [7, 11) is 0. The molecule has 26 heavy (non-hydrogen) atoms. The van der Waals surface area contributed by atoms with Crippen LogP contribution >= 0.6 is 11.3 Å². The highest BCUT2D eigenvalue weighted by Gasteiger charge is 2.15. The molecule has 1 aromatic carbocycles. The normalized spacial score (nSPS) is 11.1. The van der Waals surface area contributed by atoms with E-state index in [9.17, 15) is 0 Å². The van der Waals surface area contributed by atoms with Gasteiger partial charge in [-0.1, -0.05) is 48.5 Å². The van der Waals surface area contributed by atoms with Gasteiger partial charge in [0.25, 0.3) is 0 Å². The molecule has 0 bridgehead atoms. The Balaban J connectivity index is 1.68. The van der Waals surface area contributed by atoms with Crippen molar-refractivity contribution in [1.82, 2.24) is 25.0 Å². The summed E-state index contributed by atoms with van der Waals surface area (Å²) in [6.07, 6.45) is 1.83. The van der Waals surface area contributed by atoms with E-state index in [1.165, 1.54) is 10.4 Å². The maximum Gasteiger partial charge on any atom is 0.184 e. The largest absolute Gasteiger partial charge is 0.363 e. The second kappa shape index (κ2) is 7.61. The van der Waals surface area contributed by atoms with Gasteiger partial charge in [0.15, 0.2) is 17.0 Å². The number of anilines is 1. The van der Waals surface area contributed by atoms with Gasteiger partial charge in [0.1, 0.15) is 5.82 Å². The van der Waals surface area contributed by atoms with E-state index in [0.29, 0.717) is 6.54 Å². The van der Waals surface area contributed by atoms with Crippen molar-refractivity contribution in [2.24, 2.45) is 0 Å².